The van der Waals surface area contributed by atoms with Gasteiger partial charge in [0.15, 0.2) is 0 Å². The van der Waals surface area contributed by atoms with Gasteiger partial charge in [0.2, 0.25) is 0 Å². The van der Waals surface area contributed by atoms with Gasteiger partial charge in [-0.2, -0.15) is 10.2 Å². The quantitative estimate of drug-likeness (QED) is 0.593. The molecule has 1 heterocycles. The van der Waals surface area contributed by atoms with Crippen molar-refractivity contribution >= 4 is 22.3 Å². The van der Waals surface area contributed by atoms with Crippen LogP contribution in [0.25, 0.3) is 10.9 Å². The molecule has 0 aliphatic carbocycles. The van der Waals surface area contributed by atoms with Crippen molar-refractivity contribution in [2.45, 2.75) is 0 Å². The fourth-order valence-corrected chi connectivity index (χ4v) is 1.74. The molecular weight excluding hydrogens is 222 g/mol. The second kappa shape index (κ2) is 4.75. The smallest absolute Gasteiger partial charge is 0.0864 e. The summed E-state index contributed by atoms with van der Waals surface area (Å²) in [5.74, 6) is 0. The maximum Gasteiger partial charge on any atom is 0.0864 e. The van der Waals surface area contributed by atoms with Crippen LogP contribution in [0.2, 0.25) is 0 Å². The van der Waals surface area contributed by atoms with E-state index in [0.717, 1.165) is 22.3 Å². The zero-order chi connectivity index (χ0) is 12.2. The van der Waals surface area contributed by atoms with Crippen LogP contribution in [0.4, 0.5) is 11.4 Å². The Hall–Kier alpha value is -2.55. The van der Waals surface area contributed by atoms with Crippen LogP contribution in [0.3, 0.4) is 0 Å². The maximum absolute atomic E-state index is 4.27. The average molecular weight is 233 g/mol. The van der Waals surface area contributed by atoms with Gasteiger partial charge in [-0.05, 0) is 36.4 Å². The summed E-state index contributed by atoms with van der Waals surface area (Å²) in [5.41, 5.74) is 2.65. The molecule has 18 heavy (non-hydrogen) atoms. The molecule has 0 aliphatic rings. The van der Waals surface area contributed by atoms with Gasteiger partial charge in [-0.25, -0.2) is 0 Å². The third-order valence-corrected chi connectivity index (χ3v) is 2.62. The number of hydrogen-bond donors (Lipinski definition) is 0. The van der Waals surface area contributed by atoms with E-state index in [9.17, 15) is 0 Å². The van der Waals surface area contributed by atoms with E-state index in [1.807, 2.05) is 60.7 Å². The first kappa shape index (κ1) is 10.6. The first-order valence-electron chi connectivity index (χ1n) is 5.73. The fourth-order valence-electron chi connectivity index (χ4n) is 1.74. The minimum atomic E-state index is 0.833. The number of pyridine rings is 1. The monoisotopic (exact) mass is 233 g/mol. The first-order chi connectivity index (χ1) is 8.92. The molecule has 0 atom stereocenters. The van der Waals surface area contributed by atoms with Gasteiger partial charge in [-0.1, -0.05) is 24.3 Å². The Labute approximate surface area is 105 Å². The summed E-state index contributed by atoms with van der Waals surface area (Å²) in [6.07, 6.45) is 1.79. The molecule has 0 radical (unpaired) electrons. The molecule has 0 aliphatic heterocycles. The normalized spacial score (nSPS) is 11.1. The summed E-state index contributed by atoms with van der Waals surface area (Å²) in [5, 5.41) is 9.48. The zero-order valence-electron chi connectivity index (χ0n) is 9.69. The Kier molecular flexibility index (Phi) is 2.80. The molecule has 0 amide bonds. The standard InChI is InChI=1S/C15H11N3/c1-2-6-13(7-3-1)17-18-14-8-9-15-12(11-14)5-4-10-16-15/h1-11H. The molecule has 0 saturated carbocycles. The van der Waals surface area contributed by atoms with Crippen LogP contribution in [-0.4, -0.2) is 4.98 Å². The van der Waals surface area contributed by atoms with E-state index < -0.39 is 0 Å². The molecule has 3 heteroatoms. The van der Waals surface area contributed by atoms with Crippen LogP contribution in [-0.2, 0) is 0 Å². The molecular formula is C15H11N3. The van der Waals surface area contributed by atoms with Crippen molar-refractivity contribution < 1.29 is 0 Å². The zero-order valence-corrected chi connectivity index (χ0v) is 9.69. The van der Waals surface area contributed by atoms with Crippen molar-refractivity contribution in [2.75, 3.05) is 0 Å². The first-order valence-corrected chi connectivity index (χ1v) is 5.73. The van der Waals surface area contributed by atoms with Crippen molar-refractivity contribution in [2.24, 2.45) is 10.2 Å². The molecule has 0 saturated heterocycles. The lowest BCUT2D eigenvalue weighted by molar-refractivity contribution is 1.23. The Balaban J connectivity index is 1.93. The molecule has 0 unspecified atom stereocenters. The van der Waals surface area contributed by atoms with Gasteiger partial charge >= 0.3 is 0 Å². The predicted molar refractivity (Wildman–Crippen MR) is 72.4 cm³/mol. The molecule has 3 rings (SSSR count). The summed E-state index contributed by atoms with van der Waals surface area (Å²) in [4.78, 5) is 4.27. The summed E-state index contributed by atoms with van der Waals surface area (Å²) in [7, 11) is 0. The number of hydrogen-bond acceptors (Lipinski definition) is 3. The Morgan fingerprint density at radius 3 is 2.44 bits per heavy atom. The number of nitrogens with zero attached hydrogens (tertiary/aromatic N) is 3. The number of fused-ring (bicyclic) bond motifs is 1. The van der Waals surface area contributed by atoms with E-state index in [2.05, 4.69) is 15.2 Å². The van der Waals surface area contributed by atoms with Gasteiger partial charge in [0.1, 0.15) is 0 Å². The number of azo groups is 1. The predicted octanol–water partition coefficient (Wildman–Crippen LogP) is 4.65. The van der Waals surface area contributed by atoms with Crippen LogP contribution < -0.4 is 0 Å². The highest BCUT2D eigenvalue weighted by Crippen LogP contribution is 2.21. The Morgan fingerprint density at radius 1 is 0.722 bits per heavy atom. The molecule has 86 valence electrons. The third-order valence-electron chi connectivity index (χ3n) is 2.62. The highest BCUT2D eigenvalue weighted by molar-refractivity contribution is 5.81. The number of benzene rings is 2. The molecule has 0 bridgehead atoms. The van der Waals surface area contributed by atoms with Crippen molar-refractivity contribution in [3.05, 3.63) is 66.9 Å². The van der Waals surface area contributed by atoms with E-state index in [4.69, 9.17) is 0 Å². The topological polar surface area (TPSA) is 37.6 Å². The Bertz CT molecular complexity index is 690. The minimum Gasteiger partial charge on any atom is -0.256 e. The fraction of sp³-hybridized carbons (Fsp3) is 0. The van der Waals surface area contributed by atoms with E-state index in [0.29, 0.717) is 0 Å². The lowest BCUT2D eigenvalue weighted by Gasteiger charge is -1.97. The molecule has 3 nitrogen and oxygen atoms in total. The molecule has 0 fully saturated rings. The third kappa shape index (κ3) is 2.25. The van der Waals surface area contributed by atoms with Gasteiger partial charge < -0.3 is 0 Å². The summed E-state index contributed by atoms with van der Waals surface area (Å²) in [6.45, 7) is 0. The van der Waals surface area contributed by atoms with E-state index in [-0.39, 0.29) is 0 Å². The maximum atomic E-state index is 4.27. The van der Waals surface area contributed by atoms with Crippen LogP contribution in [0.1, 0.15) is 0 Å². The number of rotatable bonds is 2. The van der Waals surface area contributed by atoms with Gasteiger partial charge in [0.05, 0.1) is 16.9 Å². The average Bonchev–Trinajstić information content (AvgIpc) is 2.46. The summed E-state index contributed by atoms with van der Waals surface area (Å²) >= 11 is 0. The summed E-state index contributed by atoms with van der Waals surface area (Å²) < 4.78 is 0. The highest BCUT2D eigenvalue weighted by atomic mass is 15.1. The van der Waals surface area contributed by atoms with Crippen molar-refractivity contribution in [3.63, 3.8) is 0 Å². The van der Waals surface area contributed by atoms with Crippen LogP contribution in [0.5, 0.6) is 0 Å². The Morgan fingerprint density at radius 2 is 1.56 bits per heavy atom. The molecule has 3 aromatic rings. The van der Waals surface area contributed by atoms with Gasteiger partial charge in [-0.3, -0.25) is 4.98 Å². The molecule has 2 aromatic carbocycles. The molecule has 1 aromatic heterocycles. The van der Waals surface area contributed by atoms with Crippen molar-refractivity contribution in [1.82, 2.24) is 4.98 Å². The van der Waals surface area contributed by atoms with Crippen molar-refractivity contribution in [3.8, 4) is 0 Å². The molecule has 0 spiro atoms. The number of aromatic nitrogens is 1. The van der Waals surface area contributed by atoms with Gasteiger partial charge in [0, 0.05) is 11.6 Å². The lowest BCUT2D eigenvalue weighted by Crippen LogP contribution is -1.75. The van der Waals surface area contributed by atoms with Crippen LogP contribution in [0, 0.1) is 0 Å². The van der Waals surface area contributed by atoms with Crippen LogP contribution >= 0.6 is 0 Å². The van der Waals surface area contributed by atoms with E-state index >= 15 is 0 Å². The minimum absolute atomic E-state index is 0.833. The summed E-state index contributed by atoms with van der Waals surface area (Å²) in [6, 6.07) is 19.5. The second-order valence-corrected chi connectivity index (χ2v) is 3.92. The van der Waals surface area contributed by atoms with E-state index in [1.54, 1.807) is 6.20 Å². The largest absolute Gasteiger partial charge is 0.256 e. The van der Waals surface area contributed by atoms with Crippen molar-refractivity contribution in [1.29, 1.82) is 0 Å². The lowest BCUT2D eigenvalue weighted by atomic mass is 10.2. The van der Waals surface area contributed by atoms with E-state index in [1.165, 1.54) is 0 Å². The van der Waals surface area contributed by atoms with Gasteiger partial charge in [0.25, 0.3) is 0 Å². The SMILES string of the molecule is c1ccc(N=Nc2ccc3ncccc3c2)cc1. The van der Waals surface area contributed by atoms with Gasteiger partial charge in [-0.15, -0.1) is 0 Å². The van der Waals surface area contributed by atoms with Crippen LogP contribution in [0.15, 0.2) is 77.1 Å². The molecule has 0 N–H and O–H groups in total. The second-order valence-electron chi connectivity index (χ2n) is 3.92. The highest BCUT2D eigenvalue weighted by Gasteiger charge is 1.95.